The van der Waals surface area contributed by atoms with E-state index in [9.17, 15) is 0 Å². The molecule has 1 aromatic carbocycles. The van der Waals surface area contributed by atoms with E-state index in [1.54, 1.807) is 0 Å². The lowest BCUT2D eigenvalue weighted by molar-refractivity contribution is 0.418. The van der Waals surface area contributed by atoms with Gasteiger partial charge in [-0.05, 0) is 42.0 Å². The number of aryl methyl sites for hydroxylation is 1. The van der Waals surface area contributed by atoms with Crippen molar-refractivity contribution < 1.29 is 4.42 Å². The van der Waals surface area contributed by atoms with Crippen LogP contribution in [0.5, 0.6) is 0 Å². The summed E-state index contributed by atoms with van der Waals surface area (Å²) in [5, 5.41) is 0. The molecule has 0 amide bonds. The molecule has 100 valence electrons. The third-order valence-electron chi connectivity index (χ3n) is 4.18. The van der Waals surface area contributed by atoms with Crippen LogP contribution in [0.4, 0.5) is 0 Å². The molecule has 1 fully saturated rings. The summed E-state index contributed by atoms with van der Waals surface area (Å²) >= 11 is 0. The van der Waals surface area contributed by atoms with Gasteiger partial charge in [-0.15, -0.1) is 0 Å². The molecule has 0 bridgehead atoms. The highest BCUT2D eigenvalue weighted by molar-refractivity contribution is 5.33. The van der Waals surface area contributed by atoms with E-state index in [0.29, 0.717) is 0 Å². The molecule has 2 heteroatoms. The number of rotatable bonds is 4. The molecule has 19 heavy (non-hydrogen) atoms. The van der Waals surface area contributed by atoms with Gasteiger partial charge in [0.25, 0.3) is 0 Å². The highest BCUT2D eigenvalue weighted by Gasteiger charge is 2.21. The van der Waals surface area contributed by atoms with Gasteiger partial charge >= 0.3 is 0 Å². The molecule has 1 heterocycles. The summed E-state index contributed by atoms with van der Waals surface area (Å²) < 4.78 is 5.76. The van der Waals surface area contributed by atoms with Crippen LogP contribution in [0.1, 0.15) is 60.8 Å². The van der Waals surface area contributed by atoms with Crippen LogP contribution in [0, 0.1) is 0 Å². The van der Waals surface area contributed by atoms with Crippen LogP contribution in [-0.4, -0.2) is 0 Å². The molecule has 2 N–H and O–H groups in total. The minimum absolute atomic E-state index is 0.152. The Hall–Kier alpha value is -1.54. The molecule has 2 aromatic rings. The highest BCUT2D eigenvalue weighted by Crippen LogP contribution is 2.37. The zero-order valence-corrected chi connectivity index (χ0v) is 11.4. The van der Waals surface area contributed by atoms with Gasteiger partial charge in [-0.25, -0.2) is 0 Å². The zero-order valence-electron chi connectivity index (χ0n) is 11.4. The molecule has 0 spiro atoms. The van der Waals surface area contributed by atoms with E-state index in [0.717, 1.165) is 29.4 Å². The third-order valence-corrected chi connectivity index (χ3v) is 4.18. The molecule has 0 saturated heterocycles. The maximum absolute atomic E-state index is 6.32. The minimum Gasteiger partial charge on any atom is -0.464 e. The average molecular weight is 255 g/mol. The largest absolute Gasteiger partial charge is 0.464 e. The fourth-order valence-electron chi connectivity index (χ4n) is 2.66. The molecule has 1 aromatic heterocycles. The standard InChI is InChI=1S/C17H21NO/c1-2-15-9-10-16(19-15)17(18)14-8-4-7-13(11-14)12-5-3-6-12/h4,7-12,17H,2-3,5-6,18H2,1H3. The summed E-state index contributed by atoms with van der Waals surface area (Å²) in [5.41, 5.74) is 8.91. The van der Waals surface area contributed by atoms with Crippen molar-refractivity contribution in [3.63, 3.8) is 0 Å². The monoisotopic (exact) mass is 255 g/mol. The van der Waals surface area contributed by atoms with Gasteiger partial charge in [-0.3, -0.25) is 0 Å². The summed E-state index contributed by atoms with van der Waals surface area (Å²) in [7, 11) is 0. The van der Waals surface area contributed by atoms with Crippen molar-refractivity contribution in [1.29, 1.82) is 0 Å². The van der Waals surface area contributed by atoms with Gasteiger partial charge in [-0.2, -0.15) is 0 Å². The van der Waals surface area contributed by atoms with Gasteiger partial charge in [0, 0.05) is 6.42 Å². The normalized spacial score (nSPS) is 17.2. The first-order valence-corrected chi connectivity index (χ1v) is 7.22. The fourth-order valence-corrected chi connectivity index (χ4v) is 2.66. The molecule has 2 nitrogen and oxygen atoms in total. The van der Waals surface area contributed by atoms with Crippen LogP contribution >= 0.6 is 0 Å². The van der Waals surface area contributed by atoms with Crippen molar-refractivity contribution >= 4 is 0 Å². The van der Waals surface area contributed by atoms with Crippen LogP contribution in [0.2, 0.25) is 0 Å². The molecule has 3 rings (SSSR count). The van der Waals surface area contributed by atoms with E-state index < -0.39 is 0 Å². The van der Waals surface area contributed by atoms with Gasteiger partial charge in [0.2, 0.25) is 0 Å². The maximum atomic E-state index is 6.32. The van der Waals surface area contributed by atoms with E-state index in [2.05, 4.69) is 31.2 Å². The molecule has 1 saturated carbocycles. The minimum atomic E-state index is -0.152. The lowest BCUT2D eigenvalue weighted by Crippen LogP contribution is -2.13. The Labute approximate surface area is 114 Å². The molecule has 1 aliphatic rings. The van der Waals surface area contributed by atoms with Gasteiger partial charge in [0.15, 0.2) is 0 Å². The average Bonchev–Trinajstić information content (AvgIpc) is 2.85. The summed E-state index contributed by atoms with van der Waals surface area (Å²) in [6.07, 6.45) is 4.91. The first-order chi connectivity index (χ1) is 9.28. The van der Waals surface area contributed by atoms with Crippen molar-refractivity contribution in [3.8, 4) is 0 Å². The summed E-state index contributed by atoms with van der Waals surface area (Å²) in [6.45, 7) is 2.09. The van der Waals surface area contributed by atoms with Gasteiger partial charge in [0.1, 0.15) is 11.5 Å². The summed E-state index contributed by atoms with van der Waals surface area (Å²) in [4.78, 5) is 0. The Kier molecular flexibility index (Phi) is 3.43. The van der Waals surface area contributed by atoms with Gasteiger partial charge in [0.05, 0.1) is 6.04 Å². The summed E-state index contributed by atoms with van der Waals surface area (Å²) in [5.74, 6) is 2.61. The Morgan fingerprint density at radius 2 is 2.11 bits per heavy atom. The maximum Gasteiger partial charge on any atom is 0.125 e. The van der Waals surface area contributed by atoms with Crippen LogP contribution in [0.15, 0.2) is 40.8 Å². The molecule has 0 aliphatic heterocycles. The molecular formula is C17H21NO. The lowest BCUT2D eigenvalue weighted by atomic mass is 9.79. The second-order valence-corrected chi connectivity index (χ2v) is 5.43. The second kappa shape index (κ2) is 5.22. The van der Waals surface area contributed by atoms with Crippen LogP contribution in [0.25, 0.3) is 0 Å². The smallest absolute Gasteiger partial charge is 0.125 e. The quantitative estimate of drug-likeness (QED) is 0.891. The third kappa shape index (κ3) is 2.45. The van der Waals surface area contributed by atoms with E-state index in [1.807, 2.05) is 12.1 Å². The Bertz CT molecular complexity index is 554. The summed E-state index contributed by atoms with van der Waals surface area (Å²) in [6, 6.07) is 12.6. The molecule has 1 atom stereocenters. The van der Waals surface area contributed by atoms with Crippen molar-refractivity contribution in [3.05, 3.63) is 59.0 Å². The number of benzene rings is 1. The van der Waals surface area contributed by atoms with Crippen molar-refractivity contribution in [2.75, 3.05) is 0 Å². The molecular weight excluding hydrogens is 234 g/mol. The highest BCUT2D eigenvalue weighted by atomic mass is 16.3. The van der Waals surface area contributed by atoms with E-state index in [4.69, 9.17) is 10.2 Å². The molecule has 0 radical (unpaired) electrons. The number of hydrogen-bond donors (Lipinski definition) is 1. The Morgan fingerprint density at radius 1 is 1.26 bits per heavy atom. The Balaban J connectivity index is 1.84. The molecule has 1 unspecified atom stereocenters. The first kappa shape index (κ1) is 12.5. The predicted molar refractivity (Wildman–Crippen MR) is 77.2 cm³/mol. The topological polar surface area (TPSA) is 39.2 Å². The van der Waals surface area contributed by atoms with Gasteiger partial charge < -0.3 is 10.2 Å². The van der Waals surface area contributed by atoms with Crippen molar-refractivity contribution in [1.82, 2.24) is 0 Å². The van der Waals surface area contributed by atoms with E-state index >= 15 is 0 Å². The Morgan fingerprint density at radius 3 is 2.74 bits per heavy atom. The number of hydrogen-bond acceptors (Lipinski definition) is 2. The van der Waals surface area contributed by atoms with Gasteiger partial charge in [-0.1, -0.05) is 37.6 Å². The predicted octanol–water partition coefficient (Wildman–Crippen LogP) is 4.16. The van der Waals surface area contributed by atoms with Crippen LogP contribution < -0.4 is 5.73 Å². The van der Waals surface area contributed by atoms with Crippen molar-refractivity contribution in [2.24, 2.45) is 5.73 Å². The van der Waals surface area contributed by atoms with E-state index in [1.165, 1.54) is 24.8 Å². The lowest BCUT2D eigenvalue weighted by Gasteiger charge is -2.26. The van der Waals surface area contributed by atoms with Crippen molar-refractivity contribution in [2.45, 2.75) is 44.6 Å². The SMILES string of the molecule is CCc1ccc(C(N)c2cccc(C3CCC3)c2)o1. The zero-order chi connectivity index (χ0) is 13.2. The number of furan rings is 1. The first-order valence-electron chi connectivity index (χ1n) is 7.22. The number of nitrogens with two attached hydrogens (primary N) is 1. The van der Waals surface area contributed by atoms with Crippen LogP contribution in [-0.2, 0) is 6.42 Å². The van der Waals surface area contributed by atoms with E-state index in [-0.39, 0.29) is 6.04 Å². The molecule has 1 aliphatic carbocycles. The fraction of sp³-hybridized carbons (Fsp3) is 0.412. The van der Waals surface area contributed by atoms with Crippen LogP contribution in [0.3, 0.4) is 0 Å². The second-order valence-electron chi connectivity index (χ2n) is 5.43.